The van der Waals surface area contributed by atoms with Crippen LogP contribution in [0.2, 0.25) is 0 Å². The predicted molar refractivity (Wildman–Crippen MR) is 35.6 cm³/mol. The van der Waals surface area contributed by atoms with E-state index in [2.05, 4.69) is 0 Å². The maximum atomic E-state index is 10.9. The Hall–Kier alpha value is -0.570. The fraction of sp³-hybridized carbons (Fsp3) is 0.857. The minimum absolute atomic E-state index is 0.243. The van der Waals surface area contributed by atoms with Crippen molar-refractivity contribution >= 4 is 5.97 Å². The fourth-order valence-corrected chi connectivity index (χ4v) is 0.820. The van der Waals surface area contributed by atoms with E-state index in [-0.39, 0.29) is 17.7 Å². The third-order valence-corrected chi connectivity index (χ3v) is 1.50. The van der Waals surface area contributed by atoms with Gasteiger partial charge in [-0.05, 0) is 20.8 Å². The first-order valence-electron chi connectivity index (χ1n) is 3.42. The molecule has 0 aromatic carbocycles. The Morgan fingerprint density at radius 3 is 2.50 bits per heavy atom. The van der Waals surface area contributed by atoms with E-state index in [0.29, 0.717) is 6.61 Å². The molecule has 1 atom stereocenters. The molecule has 3 heteroatoms. The summed E-state index contributed by atoms with van der Waals surface area (Å²) in [6, 6.07) is 0. The van der Waals surface area contributed by atoms with Gasteiger partial charge in [-0.2, -0.15) is 0 Å². The summed E-state index contributed by atoms with van der Waals surface area (Å²) in [5.74, 6) is -0.243. The van der Waals surface area contributed by atoms with Gasteiger partial charge in [0.2, 0.25) is 0 Å². The lowest BCUT2D eigenvalue weighted by Crippen LogP contribution is -2.17. The Morgan fingerprint density at radius 1 is 1.70 bits per heavy atom. The molecule has 0 amide bonds. The summed E-state index contributed by atoms with van der Waals surface area (Å²) in [6.07, 6.45) is -0.326. The lowest BCUT2D eigenvalue weighted by atomic mass is 10.1. The summed E-state index contributed by atoms with van der Waals surface area (Å²) in [5, 5.41) is 0. The van der Waals surface area contributed by atoms with Crippen LogP contribution in [0.3, 0.4) is 0 Å². The molecule has 0 radical (unpaired) electrons. The maximum absolute atomic E-state index is 10.9. The zero-order chi connectivity index (χ0) is 7.78. The van der Waals surface area contributed by atoms with Crippen molar-refractivity contribution < 1.29 is 14.3 Å². The molecule has 1 aliphatic rings. The average molecular weight is 144 g/mol. The van der Waals surface area contributed by atoms with Crippen molar-refractivity contribution in [3.05, 3.63) is 0 Å². The molecule has 0 N–H and O–H groups in total. The van der Waals surface area contributed by atoms with Crippen LogP contribution in [0, 0.1) is 0 Å². The van der Waals surface area contributed by atoms with Crippen LogP contribution in [-0.2, 0) is 14.3 Å². The summed E-state index contributed by atoms with van der Waals surface area (Å²) in [7, 11) is 0. The molecule has 1 rings (SSSR count). The van der Waals surface area contributed by atoms with Crippen LogP contribution in [0.25, 0.3) is 0 Å². The highest BCUT2D eigenvalue weighted by atomic mass is 16.7. The Labute approximate surface area is 60.3 Å². The lowest BCUT2D eigenvalue weighted by molar-refractivity contribution is -0.144. The molecule has 1 aliphatic heterocycles. The normalized spacial score (nSPS) is 27.7. The van der Waals surface area contributed by atoms with Gasteiger partial charge < -0.3 is 9.47 Å². The molecule has 1 heterocycles. The van der Waals surface area contributed by atoms with Crippen molar-refractivity contribution in [1.29, 1.82) is 0 Å². The molecule has 1 saturated heterocycles. The molecular weight excluding hydrogens is 132 g/mol. The van der Waals surface area contributed by atoms with Gasteiger partial charge in [-0.15, -0.1) is 0 Å². The van der Waals surface area contributed by atoms with E-state index in [9.17, 15) is 4.79 Å². The first-order valence-corrected chi connectivity index (χ1v) is 3.42. The number of carbonyl (C=O) groups excluding carboxylic acids is 1. The first-order chi connectivity index (χ1) is 4.58. The van der Waals surface area contributed by atoms with Crippen LogP contribution in [-0.4, -0.2) is 24.3 Å². The molecule has 0 aromatic rings. The number of carbonyl (C=O) groups is 1. The molecule has 0 saturated carbocycles. The second-order valence-electron chi connectivity index (χ2n) is 2.85. The highest BCUT2D eigenvalue weighted by molar-refractivity contribution is 5.79. The molecular formula is C7H12O3. The summed E-state index contributed by atoms with van der Waals surface area (Å²) < 4.78 is 9.78. The molecule has 0 aromatic heterocycles. The van der Waals surface area contributed by atoms with Crippen LogP contribution in [0.1, 0.15) is 20.8 Å². The lowest BCUT2D eigenvalue weighted by Gasteiger charge is -1.97. The molecule has 1 unspecified atom stereocenters. The predicted octanol–water partition coefficient (Wildman–Crippen LogP) is 0.727. The molecule has 3 nitrogen and oxygen atoms in total. The van der Waals surface area contributed by atoms with Crippen molar-refractivity contribution in [2.24, 2.45) is 0 Å². The summed E-state index contributed by atoms with van der Waals surface area (Å²) >= 11 is 0. The van der Waals surface area contributed by atoms with E-state index in [1.165, 1.54) is 0 Å². The van der Waals surface area contributed by atoms with E-state index >= 15 is 0 Å². The van der Waals surface area contributed by atoms with Gasteiger partial charge >= 0.3 is 5.97 Å². The Bertz CT molecular complexity index is 151. The number of hydrogen-bond donors (Lipinski definition) is 0. The van der Waals surface area contributed by atoms with Crippen LogP contribution >= 0.6 is 0 Å². The molecule has 0 spiro atoms. The maximum Gasteiger partial charge on any atom is 0.338 e. The number of rotatable bonds is 2. The average Bonchev–Trinajstić information content (AvgIpc) is 2.41. The fourth-order valence-electron chi connectivity index (χ4n) is 0.820. The van der Waals surface area contributed by atoms with E-state index in [1.54, 1.807) is 6.92 Å². The zero-order valence-corrected chi connectivity index (χ0v) is 6.51. The summed E-state index contributed by atoms with van der Waals surface area (Å²) in [6.45, 7) is 5.95. The number of hydrogen-bond acceptors (Lipinski definition) is 3. The molecule has 0 aliphatic carbocycles. The van der Waals surface area contributed by atoms with Gasteiger partial charge in [-0.25, -0.2) is 4.79 Å². The monoisotopic (exact) mass is 144 g/mol. The Balaban J connectivity index is 2.33. The molecule has 10 heavy (non-hydrogen) atoms. The number of ether oxygens (including phenoxy) is 2. The van der Waals surface area contributed by atoms with Gasteiger partial charge in [0.15, 0.2) is 6.10 Å². The van der Waals surface area contributed by atoms with Gasteiger partial charge in [0.1, 0.15) is 5.60 Å². The smallest absolute Gasteiger partial charge is 0.338 e. The third-order valence-electron chi connectivity index (χ3n) is 1.50. The highest BCUT2D eigenvalue weighted by Crippen LogP contribution is 2.35. The van der Waals surface area contributed by atoms with Crippen molar-refractivity contribution in [3.63, 3.8) is 0 Å². The van der Waals surface area contributed by atoms with Crippen LogP contribution in [0.15, 0.2) is 0 Å². The molecule has 1 fully saturated rings. The second kappa shape index (κ2) is 2.23. The Morgan fingerprint density at radius 2 is 2.20 bits per heavy atom. The van der Waals surface area contributed by atoms with Gasteiger partial charge in [0, 0.05) is 0 Å². The minimum atomic E-state index is -0.326. The summed E-state index contributed by atoms with van der Waals surface area (Å²) in [5.41, 5.74) is -0.285. The van der Waals surface area contributed by atoms with Crippen molar-refractivity contribution in [2.45, 2.75) is 32.5 Å². The van der Waals surface area contributed by atoms with Crippen LogP contribution < -0.4 is 0 Å². The molecule has 0 bridgehead atoms. The van der Waals surface area contributed by atoms with Crippen molar-refractivity contribution in [3.8, 4) is 0 Å². The third kappa shape index (κ3) is 1.29. The topological polar surface area (TPSA) is 38.8 Å². The SMILES string of the molecule is CCOC(=O)C1OC1(C)C. The number of esters is 1. The Kier molecular flexibility index (Phi) is 1.68. The largest absolute Gasteiger partial charge is 0.464 e. The summed E-state index contributed by atoms with van der Waals surface area (Å²) in [4.78, 5) is 10.9. The minimum Gasteiger partial charge on any atom is -0.464 e. The number of epoxide rings is 1. The first kappa shape index (κ1) is 7.54. The molecule has 58 valence electrons. The van der Waals surface area contributed by atoms with E-state index in [1.807, 2.05) is 13.8 Å². The van der Waals surface area contributed by atoms with Gasteiger partial charge in [0.05, 0.1) is 6.61 Å². The van der Waals surface area contributed by atoms with Gasteiger partial charge in [-0.1, -0.05) is 0 Å². The van der Waals surface area contributed by atoms with Gasteiger partial charge in [-0.3, -0.25) is 0 Å². The van der Waals surface area contributed by atoms with E-state index in [0.717, 1.165) is 0 Å². The standard InChI is InChI=1S/C7H12O3/c1-4-9-6(8)5-7(2,3)10-5/h5H,4H2,1-3H3. The quantitative estimate of drug-likeness (QED) is 0.423. The van der Waals surface area contributed by atoms with Crippen LogP contribution in [0.4, 0.5) is 0 Å². The van der Waals surface area contributed by atoms with Crippen molar-refractivity contribution in [1.82, 2.24) is 0 Å². The van der Waals surface area contributed by atoms with E-state index < -0.39 is 0 Å². The zero-order valence-electron chi connectivity index (χ0n) is 6.51. The highest BCUT2D eigenvalue weighted by Gasteiger charge is 2.54. The van der Waals surface area contributed by atoms with Gasteiger partial charge in [0.25, 0.3) is 0 Å². The second-order valence-corrected chi connectivity index (χ2v) is 2.85. The van der Waals surface area contributed by atoms with Crippen LogP contribution in [0.5, 0.6) is 0 Å². The van der Waals surface area contributed by atoms with Crippen molar-refractivity contribution in [2.75, 3.05) is 6.61 Å². The van der Waals surface area contributed by atoms with E-state index in [4.69, 9.17) is 9.47 Å².